The Morgan fingerprint density at radius 2 is 2.00 bits per heavy atom. The highest BCUT2D eigenvalue weighted by Gasteiger charge is 2.15. The monoisotopic (exact) mass is 443 g/mol. The third kappa shape index (κ3) is 4.55. The molecule has 2 aromatic carbocycles. The molecule has 9 heteroatoms. The standard InChI is InChI=1S/C21H15ClFN3O3S/c22-13-3-8-17-18(10-13)25-21(26(20(17)28)11-16-2-1-9-29-16)30-12-19(27)24-15-6-4-14(23)5-7-15/h1-10H,11-12H2,(H,24,27). The maximum Gasteiger partial charge on any atom is 0.262 e. The van der Waals surface area contributed by atoms with Gasteiger partial charge in [-0.25, -0.2) is 9.37 Å². The molecule has 4 aromatic rings. The van der Waals surface area contributed by atoms with Gasteiger partial charge in [0.1, 0.15) is 11.6 Å². The molecule has 6 nitrogen and oxygen atoms in total. The average molecular weight is 444 g/mol. The van der Waals surface area contributed by atoms with Crippen molar-refractivity contribution < 1.29 is 13.6 Å². The fourth-order valence-corrected chi connectivity index (χ4v) is 3.81. The molecule has 0 spiro atoms. The number of hydrogen-bond acceptors (Lipinski definition) is 5. The first-order chi connectivity index (χ1) is 14.5. The van der Waals surface area contributed by atoms with Gasteiger partial charge in [-0.05, 0) is 54.6 Å². The summed E-state index contributed by atoms with van der Waals surface area (Å²) in [6, 6.07) is 13.8. The number of thioether (sulfide) groups is 1. The Morgan fingerprint density at radius 3 is 2.73 bits per heavy atom. The van der Waals surface area contributed by atoms with E-state index < -0.39 is 0 Å². The summed E-state index contributed by atoms with van der Waals surface area (Å²) in [6.45, 7) is 0.180. The van der Waals surface area contributed by atoms with Crippen LogP contribution < -0.4 is 10.9 Å². The van der Waals surface area contributed by atoms with E-state index >= 15 is 0 Å². The van der Waals surface area contributed by atoms with E-state index in [4.69, 9.17) is 16.0 Å². The van der Waals surface area contributed by atoms with Gasteiger partial charge in [-0.1, -0.05) is 23.4 Å². The fourth-order valence-electron chi connectivity index (χ4n) is 2.84. The van der Waals surface area contributed by atoms with Gasteiger partial charge in [0, 0.05) is 10.7 Å². The van der Waals surface area contributed by atoms with Gasteiger partial charge in [-0.2, -0.15) is 0 Å². The van der Waals surface area contributed by atoms with Crippen LogP contribution in [0, 0.1) is 5.82 Å². The van der Waals surface area contributed by atoms with Crippen LogP contribution in [0.1, 0.15) is 5.76 Å². The number of furan rings is 1. The molecule has 2 heterocycles. The lowest BCUT2D eigenvalue weighted by molar-refractivity contribution is -0.113. The van der Waals surface area contributed by atoms with Gasteiger partial charge in [0.05, 0.1) is 29.5 Å². The van der Waals surface area contributed by atoms with Gasteiger partial charge in [-0.3, -0.25) is 14.2 Å². The first-order valence-electron chi connectivity index (χ1n) is 8.90. The molecule has 0 unspecified atom stereocenters. The number of halogens is 2. The van der Waals surface area contributed by atoms with Crippen LogP contribution in [0.2, 0.25) is 5.02 Å². The van der Waals surface area contributed by atoms with E-state index in [0.29, 0.717) is 32.5 Å². The van der Waals surface area contributed by atoms with Crippen LogP contribution in [0.5, 0.6) is 0 Å². The Labute approximate surface area is 179 Å². The van der Waals surface area contributed by atoms with Gasteiger partial charge < -0.3 is 9.73 Å². The van der Waals surface area contributed by atoms with Crippen LogP contribution in [-0.2, 0) is 11.3 Å². The zero-order valence-electron chi connectivity index (χ0n) is 15.5. The second-order valence-corrected chi connectivity index (χ2v) is 7.75. The summed E-state index contributed by atoms with van der Waals surface area (Å²) in [5.74, 6) is -0.0987. The fraction of sp³-hybridized carbons (Fsp3) is 0.0952. The van der Waals surface area contributed by atoms with Crippen LogP contribution in [0.3, 0.4) is 0 Å². The van der Waals surface area contributed by atoms with Crippen molar-refractivity contribution in [2.45, 2.75) is 11.7 Å². The van der Waals surface area contributed by atoms with E-state index in [1.54, 1.807) is 30.3 Å². The number of amides is 1. The molecule has 0 bridgehead atoms. The lowest BCUT2D eigenvalue weighted by atomic mass is 10.2. The Bertz CT molecular complexity index is 1260. The van der Waals surface area contributed by atoms with E-state index in [1.165, 1.54) is 35.1 Å². The quantitative estimate of drug-likeness (QED) is 0.349. The molecule has 30 heavy (non-hydrogen) atoms. The molecule has 0 fully saturated rings. The van der Waals surface area contributed by atoms with E-state index in [2.05, 4.69) is 10.3 Å². The number of fused-ring (bicyclic) bond motifs is 1. The van der Waals surface area contributed by atoms with Crippen LogP contribution in [0.4, 0.5) is 10.1 Å². The van der Waals surface area contributed by atoms with Gasteiger partial charge in [-0.15, -0.1) is 0 Å². The maximum atomic E-state index is 13.0. The van der Waals surface area contributed by atoms with E-state index in [1.807, 2.05) is 0 Å². The highest BCUT2D eigenvalue weighted by atomic mass is 35.5. The summed E-state index contributed by atoms with van der Waals surface area (Å²) in [5, 5.41) is 3.93. The van der Waals surface area contributed by atoms with Gasteiger partial charge in [0.2, 0.25) is 5.91 Å². The summed E-state index contributed by atoms with van der Waals surface area (Å²) < 4.78 is 19.8. The Hall–Kier alpha value is -3.10. The number of aromatic nitrogens is 2. The zero-order valence-corrected chi connectivity index (χ0v) is 17.0. The number of nitrogens with zero attached hydrogens (tertiary/aromatic N) is 2. The van der Waals surface area contributed by atoms with Crippen molar-refractivity contribution >= 4 is 45.9 Å². The minimum atomic E-state index is -0.386. The largest absolute Gasteiger partial charge is 0.467 e. The second-order valence-electron chi connectivity index (χ2n) is 6.37. The average Bonchev–Trinajstić information content (AvgIpc) is 3.23. The number of hydrogen-bond donors (Lipinski definition) is 1. The van der Waals surface area contributed by atoms with Crippen LogP contribution in [0.25, 0.3) is 10.9 Å². The van der Waals surface area contributed by atoms with Crippen molar-refractivity contribution in [3.63, 3.8) is 0 Å². The third-order valence-electron chi connectivity index (χ3n) is 4.24. The first kappa shape index (κ1) is 20.2. The number of nitrogens with one attached hydrogen (secondary N) is 1. The van der Waals surface area contributed by atoms with Crippen molar-refractivity contribution in [3.8, 4) is 0 Å². The van der Waals surface area contributed by atoms with Crippen molar-refractivity contribution in [3.05, 3.63) is 87.8 Å². The van der Waals surface area contributed by atoms with Crippen molar-refractivity contribution in [1.82, 2.24) is 9.55 Å². The van der Waals surface area contributed by atoms with Crippen LogP contribution in [-0.4, -0.2) is 21.2 Å². The molecule has 0 radical (unpaired) electrons. The molecule has 2 aromatic heterocycles. The molecule has 1 amide bonds. The number of anilines is 1. The topological polar surface area (TPSA) is 77.1 Å². The molecule has 0 aliphatic rings. The summed E-state index contributed by atoms with van der Waals surface area (Å²) in [7, 11) is 0. The summed E-state index contributed by atoms with van der Waals surface area (Å²) in [5.41, 5.74) is 0.673. The third-order valence-corrected chi connectivity index (χ3v) is 5.45. The number of rotatable bonds is 6. The highest BCUT2D eigenvalue weighted by molar-refractivity contribution is 7.99. The number of benzene rings is 2. The summed E-state index contributed by atoms with van der Waals surface area (Å²) >= 11 is 7.16. The molecule has 4 rings (SSSR count). The lowest BCUT2D eigenvalue weighted by Gasteiger charge is -2.12. The molecule has 0 aliphatic carbocycles. The van der Waals surface area contributed by atoms with Gasteiger partial charge in [0.25, 0.3) is 5.56 Å². The Kier molecular flexibility index (Phi) is 5.87. The van der Waals surface area contributed by atoms with Crippen LogP contribution >= 0.6 is 23.4 Å². The van der Waals surface area contributed by atoms with Crippen LogP contribution in [0.15, 0.2) is 75.2 Å². The molecule has 1 N–H and O–H groups in total. The van der Waals surface area contributed by atoms with E-state index in [-0.39, 0.29) is 29.6 Å². The van der Waals surface area contributed by atoms with E-state index in [0.717, 1.165) is 11.8 Å². The molecule has 0 saturated carbocycles. The second kappa shape index (κ2) is 8.73. The van der Waals surface area contributed by atoms with Gasteiger partial charge >= 0.3 is 0 Å². The normalized spacial score (nSPS) is 11.0. The molecule has 0 atom stereocenters. The summed E-state index contributed by atoms with van der Waals surface area (Å²) in [6.07, 6.45) is 1.53. The smallest absolute Gasteiger partial charge is 0.262 e. The van der Waals surface area contributed by atoms with E-state index in [9.17, 15) is 14.0 Å². The Balaban J connectivity index is 1.61. The minimum Gasteiger partial charge on any atom is -0.467 e. The predicted molar refractivity (Wildman–Crippen MR) is 115 cm³/mol. The Morgan fingerprint density at radius 1 is 1.20 bits per heavy atom. The lowest BCUT2D eigenvalue weighted by Crippen LogP contribution is -2.24. The minimum absolute atomic E-state index is 0.00798. The molecule has 152 valence electrons. The number of carbonyl (C=O) groups is 1. The molecular weight excluding hydrogens is 429 g/mol. The zero-order chi connectivity index (χ0) is 21.1. The van der Waals surface area contributed by atoms with Gasteiger partial charge in [0.15, 0.2) is 5.16 Å². The predicted octanol–water partition coefficient (Wildman–Crippen LogP) is 4.56. The number of carbonyl (C=O) groups excluding carboxylic acids is 1. The molecule has 0 aliphatic heterocycles. The van der Waals surface area contributed by atoms with Crippen molar-refractivity contribution in [2.75, 3.05) is 11.1 Å². The molecule has 0 saturated heterocycles. The highest BCUT2D eigenvalue weighted by Crippen LogP contribution is 2.22. The van der Waals surface area contributed by atoms with Crippen molar-refractivity contribution in [2.24, 2.45) is 0 Å². The first-order valence-corrected chi connectivity index (χ1v) is 10.3. The maximum absolute atomic E-state index is 13.0. The summed E-state index contributed by atoms with van der Waals surface area (Å²) in [4.78, 5) is 29.9. The SMILES string of the molecule is O=C(CSc1nc2cc(Cl)ccc2c(=O)n1Cc1ccco1)Nc1ccc(F)cc1. The molecular formula is C21H15ClFN3O3S. The van der Waals surface area contributed by atoms with Crippen molar-refractivity contribution in [1.29, 1.82) is 0 Å².